The van der Waals surface area contributed by atoms with Crippen LogP contribution in [-0.4, -0.2) is 38.8 Å². The number of sulfonamides is 1. The van der Waals surface area contributed by atoms with Crippen LogP contribution in [0.15, 0.2) is 35.2 Å². The first-order valence-electron chi connectivity index (χ1n) is 6.76. The summed E-state index contributed by atoms with van der Waals surface area (Å²) in [5.74, 6) is -0.490. The molecule has 0 atom stereocenters. The van der Waals surface area contributed by atoms with Crippen LogP contribution in [0.2, 0.25) is 0 Å². The second-order valence-corrected chi connectivity index (χ2v) is 8.40. The maximum absolute atomic E-state index is 12.2. The summed E-state index contributed by atoms with van der Waals surface area (Å²) < 4.78 is 58.0. The first-order valence-corrected chi connectivity index (χ1v) is 9.82. The van der Waals surface area contributed by atoms with E-state index in [1.807, 2.05) is 0 Å². The molecule has 0 bridgehead atoms. The Morgan fingerprint density at radius 3 is 2.42 bits per heavy atom. The fourth-order valence-corrected chi connectivity index (χ4v) is 3.76. The van der Waals surface area contributed by atoms with Crippen molar-refractivity contribution >= 4 is 30.9 Å². The fourth-order valence-electron chi connectivity index (χ4n) is 2.16. The van der Waals surface area contributed by atoms with Crippen LogP contribution >= 0.6 is 0 Å². The van der Waals surface area contributed by atoms with Gasteiger partial charge < -0.3 is 9.66 Å². The third kappa shape index (κ3) is 5.41. The van der Waals surface area contributed by atoms with Crippen molar-refractivity contribution in [3.8, 4) is 5.75 Å². The average molecular weight is 381 g/mol. The molecule has 0 unspecified atom stereocenters. The van der Waals surface area contributed by atoms with Crippen LogP contribution in [0.5, 0.6) is 5.75 Å². The molecule has 0 aliphatic carbocycles. The Morgan fingerprint density at radius 1 is 1.12 bits per heavy atom. The summed E-state index contributed by atoms with van der Waals surface area (Å²) in [5.41, 5.74) is 0.653. The molecule has 2 aromatic carbocycles. The zero-order valence-electron chi connectivity index (χ0n) is 13.3. The predicted octanol–water partition coefficient (Wildman–Crippen LogP) is -1.93. The Kier molecular flexibility index (Phi) is 7.24. The number of nitrogens with one attached hydrogen (secondary N) is 1. The number of aromatic hydroxyl groups is 1. The summed E-state index contributed by atoms with van der Waals surface area (Å²) in [6.07, 6.45) is -0.0916. The number of hydrogen-bond acceptors (Lipinski definition) is 6. The van der Waals surface area contributed by atoms with Crippen molar-refractivity contribution in [2.24, 2.45) is 0 Å². The van der Waals surface area contributed by atoms with Gasteiger partial charge in [0.25, 0.3) is 0 Å². The van der Waals surface area contributed by atoms with Gasteiger partial charge in [0.05, 0.1) is 15.0 Å². The molecular formula is C14H16NNaO6S2. The summed E-state index contributed by atoms with van der Waals surface area (Å²) >= 11 is 0. The van der Waals surface area contributed by atoms with E-state index in [9.17, 15) is 26.5 Å². The monoisotopic (exact) mass is 381 g/mol. The molecule has 0 aliphatic heterocycles. The third-order valence-electron chi connectivity index (χ3n) is 3.41. The number of hydrogen-bond donors (Lipinski definition) is 2. The molecule has 0 spiro atoms. The average Bonchev–Trinajstić information content (AvgIpc) is 2.46. The second kappa shape index (κ2) is 8.13. The SMILES string of the molecule is Cc1c(O)ccc2cc(S(=O)(=O)NCCCS(=O)(=O)[O-])ccc12.[Na+]. The van der Waals surface area contributed by atoms with Crippen LogP contribution in [0.1, 0.15) is 12.0 Å². The van der Waals surface area contributed by atoms with Crippen LogP contribution in [0.25, 0.3) is 10.8 Å². The second-order valence-electron chi connectivity index (χ2n) is 5.11. The minimum absolute atomic E-state index is 0. The molecule has 2 aromatic rings. The van der Waals surface area contributed by atoms with Crippen molar-refractivity contribution < 1.29 is 56.1 Å². The fraction of sp³-hybridized carbons (Fsp3) is 0.286. The minimum Gasteiger partial charge on any atom is -0.748 e. The molecule has 0 fully saturated rings. The van der Waals surface area contributed by atoms with Gasteiger partial charge in [0.1, 0.15) is 5.75 Å². The van der Waals surface area contributed by atoms with E-state index >= 15 is 0 Å². The van der Waals surface area contributed by atoms with Crippen LogP contribution in [0.4, 0.5) is 0 Å². The quantitative estimate of drug-likeness (QED) is 0.341. The molecule has 0 aromatic heterocycles. The van der Waals surface area contributed by atoms with Gasteiger partial charge in [-0.15, -0.1) is 0 Å². The number of benzene rings is 2. The minimum atomic E-state index is -4.35. The van der Waals surface area contributed by atoms with E-state index in [0.717, 1.165) is 5.39 Å². The van der Waals surface area contributed by atoms with Crippen molar-refractivity contribution in [3.05, 3.63) is 35.9 Å². The third-order valence-corrected chi connectivity index (χ3v) is 5.65. The summed E-state index contributed by atoms with van der Waals surface area (Å²) in [7, 11) is -8.15. The number of phenolic OH excluding ortho intramolecular Hbond substituents is 1. The molecule has 0 saturated heterocycles. The summed E-state index contributed by atoms with van der Waals surface area (Å²) in [6, 6.07) is 7.57. The van der Waals surface area contributed by atoms with Crippen molar-refractivity contribution in [3.63, 3.8) is 0 Å². The molecular weight excluding hydrogens is 365 g/mol. The Bertz CT molecular complexity index is 941. The molecule has 0 heterocycles. The molecule has 0 saturated carbocycles. The topological polar surface area (TPSA) is 124 Å². The Hall–Kier alpha value is -0.680. The summed E-state index contributed by atoms with van der Waals surface area (Å²) in [5, 5.41) is 11.0. The first kappa shape index (κ1) is 21.4. The summed E-state index contributed by atoms with van der Waals surface area (Å²) in [4.78, 5) is 0.0278. The maximum atomic E-state index is 12.2. The Labute approximate surface area is 163 Å². The number of aryl methyl sites for hydroxylation is 1. The smallest absolute Gasteiger partial charge is 0.748 e. The van der Waals surface area contributed by atoms with Crippen LogP contribution in [0.3, 0.4) is 0 Å². The number of rotatable bonds is 6. The first-order chi connectivity index (χ1) is 10.6. The van der Waals surface area contributed by atoms with Gasteiger partial charge >= 0.3 is 29.6 Å². The Balaban J connectivity index is 0.00000288. The van der Waals surface area contributed by atoms with Crippen molar-refractivity contribution in [1.29, 1.82) is 0 Å². The van der Waals surface area contributed by atoms with Gasteiger partial charge in [-0.25, -0.2) is 21.6 Å². The predicted molar refractivity (Wildman–Crippen MR) is 84.7 cm³/mol. The number of phenols is 1. The maximum Gasteiger partial charge on any atom is 1.00 e. The van der Waals surface area contributed by atoms with Gasteiger partial charge in [0, 0.05) is 12.3 Å². The molecule has 126 valence electrons. The van der Waals surface area contributed by atoms with Gasteiger partial charge in [-0.2, -0.15) is 0 Å². The van der Waals surface area contributed by atoms with Crippen molar-refractivity contribution in [1.82, 2.24) is 4.72 Å². The molecule has 2 rings (SSSR count). The largest absolute Gasteiger partial charge is 1.00 e. The van der Waals surface area contributed by atoms with Gasteiger partial charge in [-0.1, -0.05) is 12.1 Å². The normalized spacial score (nSPS) is 12.1. The van der Waals surface area contributed by atoms with E-state index in [1.54, 1.807) is 19.1 Å². The molecule has 2 N–H and O–H groups in total. The van der Waals surface area contributed by atoms with Crippen molar-refractivity contribution in [2.75, 3.05) is 12.3 Å². The summed E-state index contributed by atoms with van der Waals surface area (Å²) in [6.45, 7) is 1.59. The molecule has 0 radical (unpaired) electrons. The standard InChI is InChI=1S/C14H17NO6S2.Na/c1-10-13-5-4-12(9-11(13)3-6-14(10)16)23(20,21)15-7-2-8-22(17,18)19;/h3-6,9,15-16H,2,7-8H2,1H3,(H,17,18,19);/q;+1/p-1. The van der Waals surface area contributed by atoms with Gasteiger partial charge in [-0.05, 0) is 47.9 Å². The van der Waals surface area contributed by atoms with Gasteiger partial charge in [0.2, 0.25) is 10.0 Å². The molecule has 10 heteroatoms. The van der Waals surface area contributed by atoms with E-state index in [2.05, 4.69) is 4.72 Å². The van der Waals surface area contributed by atoms with E-state index in [-0.39, 0.29) is 53.2 Å². The molecule has 7 nitrogen and oxygen atoms in total. The van der Waals surface area contributed by atoms with Crippen LogP contribution in [0, 0.1) is 6.92 Å². The number of fused-ring (bicyclic) bond motifs is 1. The Morgan fingerprint density at radius 2 is 1.79 bits per heavy atom. The molecule has 24 heavy (non-hydrogen) atoms. The zero-order chi connectivity index (χ0) is 17.3. The van der Waals surface area contributed by atoms with E-state index in [0.29, 0.717) is 10.9 Å². The van der Waals surface area contributed by atoms with Crippen LogP contribution < -0.4 is 34.3 Å². The van der Waals surface area contributed by atoms with E-state index < -0.39 is 25.9 Å². The van der Waals surface area contributed by atoms with Gasteiger partial charge in [-0.3, -0.25) is 0 Å². The molecule has 0 amide bonds. The van der Waals surface area contributed by atoms with Gasteiger partial charge in [0.15, 0.2) is 0 Å². The van der Waals surface area contributed by atoms with E-state index in [4.69, 9.17) is 0 Å². The molecule has 0 aliphatic rings. The van der Waals surface area contributed by atoms with Crippen molar-refractivity contribution in [2.45, 2.75) is 18.2 Å². The van der Waals surface area contributed by atoms with Crippen LogP contribution in [-0.2, 0) is 20.1 Å². The van der Waals surface area contributed by atoms with E-state index in [1.165, 1.54) is 18.2 Å². The zero-order valence-corrected chi connectivity index (χ0v) is 16.9.